The normalized spacial score (nSPS) is 12.6. The summed E-state index contributed by atoms with van der Waals surface area (Å²) in [6.45, 7) is 2.58. The van der Waals surface area contributed by atoms with Crippen LogP contribution in [0.5, 0.6) is 0 Å². The minimum atomic E-state index is 0.0954. The fraction of sp³-hybridized carbons (Fsp3) is 0.500. The van der Waals surface area contributed by atoms with Gasteiger partial charge in [0, 0.05) is 19.7 Å². The van der Waals surface area contributed by atoms with Crippen LogP contribution < -0.4 is 5.32 Å². The van der Waals surface area contributed by atoms with Gasteiger partial charge in [0.2, 0.25) is 0 Å². The summed E-state index contributed by atoms with van der Waals surface area (Å²) in [6, 6.07) is 1.62. The van der Waals surface area contributed by atoms with Gasteiger partial charge >= 0.3 is 0 Å². The van der Waals surface area contributed by atoms with E-state index in [0.29, 0.717) is 22.5 Å². The molecule has 0 bridgehead atoms. The number of halogens is 2. The Bertz CT molecular complexity index is 309. The van der Waals surface area contributed by atoms with Gasteiger partial charge in [0.1, 0.15) is 0 Å². The monoisotopic (exact) mass is 235 g/mol. The molecule has 1 unspecified atom stereocenters. The van der Waals surface area contributed by atoms with E-state index in [1.165, 1.54) is 0 Å². The fourth-order valence-corrected chi connectivity index (χ4v) is 1.12. The summed E-state index contributed by atoms with van der Waals surface area (Å²) in [7, 11) is 1.64. The Balaban J connectivity index is 2.62. The van der Waals surface area contributed by atoms with Crippen molar-refractivity contribution < 1.29 is 4.74 Å². The molecule has 0 amide bonds. The summed E-state index contributed by atoms with van der Waals surface area (Å²) >= 11 is 11.4. The minimum Gasteiger partial charge on any atom is -0.380 e. The summed E-state index contributed by atoms with van der Waals surface area (Å²) in [4.78, 5) is 0. The number of aromatic nitrogens is 2. The van der Waals surface area contributed by atoms with Gasteiger partial charge in [0.15, 0.2) is 10.3 Å². The van der Waals surface area contributed by atoms with Crippen LogP contribution in [0, 0.1) is 0 Å². The molecule has 4 nitrogen and oxygen atoms in total. The topological polar surface area (TPSA) is 47.0 Å². The van der Waals surface area contributed by atoms with Gasteiger partial charge in [-0.15, -0.1) is 10.2 Å². The number of methoxy groups -OCH3 is 1. The Morgan fingerprint density at radius 1 is 1.50 bits per heavy atom. The van der Waals surface area contributed by atoms with E-state index >= 15 is 0 Å². The Morgan fingerprint density at radius 3 is 2.86 bits per heavy atom. The van der Waals surface area contributed by atoms with Crippen LogP contribution in [0.25, 0.3) is 0 Å². The second kappa shape index (κ2) is 5.34. The average molecular weight is 236 g/mol. The smallest absolute Gasteiger partial charge is 0.174 e. The van der Waals surface area contributed by atoms with Crippen molar-refractivity contribution in [1.82, 2.24) is 10.2 Å². The number of hydrogen-bond acceptors (Lipinski definition) is 4. The van der Waals surface area contributed by atoms with Crippen LogP contribution in [0.15, 0.2) is 6.07 Å². The molecule has 0 aliphatic rings. The summed E-state index contributed by atoms with van der Waals surface area (Å²) in [5.41, 5.74) is 0.663. The van der Waals surface area contributed by atoms with Crippen molar-refractivity contribution in [3.8, 4) is 0 Å². The van der Waals surface area contributed by atoms with Gasteiger partial charge < -0.3 is 10.1 Å². The lowest BCUT2D eigenvalue weighted by molar-refractivity contribution is 0.129. The zero-order valence-corrected chi connectivity index (χ0v) is 9.43. The Morgan fingerprint density at radius 2 is 2.21 bits per heavy atom. The molecule has 1 atom stereocenters. The first-order chi connectivity index (χ1) is 6.63. The maximum atomic E-state index is 5.79. The second-order valence-corrected chi connectivity index (χ2v) is 3.54. The first-order valence-electron chi connectivity index (χ1n) is 4.09. The van der Waals surface area contributed by atoms with Crippen LogP contribution >= 0.6 is 23.2 Å². The van der Waals surface area contributed by atoms with Crippen molar-refractivity contribution in [2.45, 2.75) is 13.0 Å². The highest BCUT2D eigenvalue weighted by Crippen LogP contribution is 2.20. The lowest BCUT2D eigenvalue weighted by Gasteiger charge is -2.12. The van der Waals surface area contributed by atoms with Gasteiger partial charge in [-0.2, -0.15) is 0 Å². The van der Waals surface area contributed by atoms with Crippen LogP contribution in [-0.2, 0) is 4.74 Å². The lowest BCUT2D eigenvalue weighted by Crippen LogP contribution is -2.18. The van der Waals surface area contributed by atoms with E-state index in [1.807, 2.05) is 6.92 Å². The second-order valence-electron chi connectivity index (χ2n) is 2.80. The standard InChI is InChI=1S/C8H11Cl2N3O/c1-5(14-2)4-11-6-3-7(9)12-13-8(6)10/h3,5H,4H2,1-2H3,(H,11,12). The maximum Gasteiger partial charge on any atom is 0.174 e. The van der Waals surface area contributed by atoms with Gasteiger partial charge in [0.25, 0.3) is 0 Å². The maximum absolute atomic E-state index is 5.79. The quantitative estimate of drug-likeness (QED) is 0.870. The summed E-state index contributed by atoms with van der Waals surface area (Å²) in [6.07, 6.45) is 0.0954. The molecule has 0 saturated carbocycles. The molecule has 1 N–H and O–H groups in total. The number of ether oxygens (including phenoxy) is 1. The molecule has 1 heterocycles. The zero-order valence-electron chi connectivity index (χ0n) is 7.92. The molecule has 0 saturated heterocycles. The predicted octanol–water partition coefficient (Wildman–Crippen LogP) is 2.23. The Labute approximate surface area is 92.6 Å². The number of nitrogens with zero attached hydrogens (tertiary/aromatic N) is 2. The van der Waals surface area contributed by atoms with E-state index in [0.717, 1.165) is 0 Å². The van der Waals surface area contributed by atoms with Crippen LogP contribution in [0.2, 0.25) is 10.3 Å². The zero-order chi connectivity index (χ0) is 10.6. The van der Waals surface area contributed by atoms with Gasteiger partial charge in [-0.25, -0.2) is 0 Å². The largest absolute Gasteiger partial charge is 0.380 e. The molecule has 0 aliphatic carbocycles. The summed E-state index contributed by atoms with van der Waals surface area (Å²) in [5, 5.41) is 10.9. The summed E-state index contributed by atoms with van der Waals surface area (Å²) in [5.74, 6) is 0. The van der Waals surface area contributed by atoms with Crippen LogP contribution in [0.4, 0.5) is 5.69 Å². The Hall–Kier alpha value is -0.580. The molecule has 0 radical (unpaired) electrons. The molecule has 1 rings (SSSR count). The third-order valence-corrected chi connectivity index (χ3v) is 2.17. The molecule has 0 aromatic carbocycles. The van der Waals surface area contributed by atoms with E-state index in [4.69, 9.17) is 27.9 Å². The van der Waals surface area contributed by atoms with E-state index in [2.05, 4.69) is 15.5 Å². The molecule has 0 fully saturated rings. The minimum absolute atomic E-state index is 0.0954. The number of rotatable bonds is 4. The summed E-state index contributed by atoms with van der Waals surface area (Å²) < 4.78 is 5.07. The molecule has 78 valence electrons. The van der Waals surface area contributed by atoms with E-state index in [9.17, 15) is 0 Å². The van der Waals surface area contributed by atoms with Crippen LogP contribution in [0.3, 0.4) is 0 Å². The Kier molecular flexibility index (Phi) is 4.38. The molecule has 6 heteroatoms. The first kappa shape index (κ1) is 11.5. The molecule has 1 aromatic rings. The van der Waals surface area contributed by atoms with E-state index in [-0.39, 0.29) is 6.10 Å². The third kappa shape index (κ3) is 3.29. The molecule has 0 spiro atoms. The van der Waals surface area contributed by atoms with Crippen molar-refractivity contribution in [1.29, 1.82) is 0 Å². The highest BCUT2D eigenvalue weighted by Gasteiger charge is 2.05. The van der Waals surface area contributed by atoms with Crippen LogP contribution in [-0.4, -0.2) is 30.0 Å². The van der Waals surface area contributed by atoms with Gasteiger partial charge in [-0.05, 0) is 6.92 Å². The molecule has 14 heavy (non-hydrogen) atoms. The van der Waals surface area contributed by atoms with Crippen molar-refractivity contribution >= 4 is 28.9 Å². The van der Waals surface area contributed by atoms with E-state index in [1.54, 1.807) is 13.2 Å². The van der Waals surface area contributed by atoms with E-state index < -0.39 is 0 Å². The first-order valence-corrected chi connectivity index (χ1v) is 4.84. The predicted molar refractivity (Wildman–Crippen MR) is 57.0 cm³/mol. The van der Waals surface area contributed by atoms with Crippen molar-refractivity contribution in [3.05, 3.63) is 16.4 Å². The van der Waals surface area contributed by atoms with Crippen molar-refractivity contribution in [2.75, 3.05) is 19.0 Å². The molecular weight excluding hydrogens is 225 g/mol. The third-order valence-electron chi connectivity index (χ3n) is 1.70. The SMILES string of the molecule is COC(C)CNc1cc(Cl)nnc1Cl. The van der Waals surface area contributed by atoms with Crippen molar-refractivity contribution in [2.24, 2.45) is 0 Å². The molecular formula is C8H11Cl2N3O. The number of nitrogens with one attached hydrogen (secondary N) is 1. The number of hydrogen-bond donors (Lipinski definition) is 1. The van der Waals surface area contributed by atoms with Gasteiger partial charge in [0.05, 0.1) is 11.8 Å². The number of anilines is 1. The van der Waals surface area contributed by atoms with Crippen molar-refractivity contribution in [3.63, 3.8) is 0 Å². The highest BCUT2D eigenvalue weighted by molar-refractivity contribution is 6.33. The van der Waals surface area contributed by atoms with Gasteiger partial charge in [-0.3, -0.25) is 0 Å². The fourth-order valence-electron chi connectivity index (χ4n) is 0.814. The molecule has 1 aromatic heterocycles. The lowest BCUT2D eigenvalue weighted by atomic mass is 10.4. The molecule has 0 aliphatic heterocycles. The van der Waals surface area contributed by atoms with Crippen LogP contribution in [0.1, 0.15) is 6.92 Å². The highest BCUT2D eigenvalue weighted by atomic mass is 35.5. The van der Waals surface area contributed by atoms with Gasteiger partial charge in [-0.1, -0.05) is 23.2 Å². The average Bonchev–Trinajstić information content (AvgIpc) is 2.19.